The number of nitrogens with zero attached hydrogens (tertiary/aromatic N) is 3. The lowest BCUT2D eigenvalue weighted by Gasteiger charge is -2.30. The molecule has 0 saturated carbocycles. The van der Waals surface area contributed by atoms with E-state index in [4.69, 9.17) is 46.4 Å². The van der Waals surface area contributed by atoms with Gasteiger partial charge in [-0.3, -0.25) is 24.5 Å². The van der Waals surface area contributed by atoms with Crippen LogP contribution in [0.25, 0.3) is 0 Å². The number of hydrazine groups is 1. The molecule has 0 spiro atoms. The first-order chi connectivity index (χ1) is 16.5. The Hall–Kier alpha value is -2.69. The zero-order valence-electron chi connectivity index (χ0n) is 17.1. The van der Waals surface area contributed by atoms with Crippen molar-refractivity contribution in [1.82, 2.24) is 10.0 Å². The number of fused-ring (bicyclic) bond motifs is 1. The molecule has 4 rings (SSSR count). The molecule has 1 heterocycles. The van der Waals surface area contributed by atoms with E-state index in [0.29, 0.717) is 10.6 Å². The zero-order valence-corrected chi connectivity index (χ0v) is 21.7. The molecule has 0 unspecified atom stereocenters. The monoisotopic (exact) mass is 615 g/mol. The molecular formula is C22H10BrCl4N3O5. The van der Waals surface area contributed by atoms with E-state index in [-0.39, 0.29) is 49.0 Å². The SMILES string of the molecule is O=C(c1cccc([N+](=O)[O-])c1)N(Cc1ccc(Br)cc1)N1C(=O)c2c(Cl)c(Cl)c(Cl)c(Cl)c2C1=O. The predicted octanol–water partition coefficient (Wildman–Crippen LogP) is 6.82. The Kier molecular flexibility index (Phi) is 7.08. The first kappa shape index (κ1) is 25.4. The molecule has 13 heteroatoms. The predicted molar refractivity (Wildman–Crippen MR) is 134 cm³/mol. The standard InChI is InChI=1S/C22H10BrCl4N3O5/c23-12-6-4-10(5-7-12)9-28(20(31)11-2-1-3-13(8-11)30(34)35)29-21(32)14-15(22(29)33)17(25)19(27)18(26)16(14)24/h1-8H,9H2. The normalized spacial score (nSPS) is 12.7. The van der Waals surface area contributed by atoms with Crippen LogP contribution >= 0.6 is 62.3 Å². The Morgan fingerprint density at radius 2 is 1.46 bits per heavy atom. The highest BCUT2D eigenvalue weighted by molar-refractivity contribution is 9.10. The van der Waals surface area contributed by atoms with Crippen LogP contribution in [0.5, 0.6) is 0 Å². The van der Waals surface area contributed by atoms with E-state index < -0.39 is 22.6 Å². The van der Waals surface area contributed by atoms with Crippen molar-refractivity contribution in [2.24, 2.45) is 0 Å². The Bertz CT molecular complexity index is 1380. The minimum absolute atomic E-state index is 0.124. The maximum Gasteiger partial charge on any atom is 0.282 e. The first-order valence-electron chi connectivity index (χ1n) is 9.58. The number of halogens is 5. The van der Waals surface area contributed by atoms with Crippen LogP contribution in [-0.4, -0.2) is 32.7 Å². The van der Waals surface area contributed by atoms with Crippen molar-refractivity contribution in [3.05, 3.63) is 105 Å². The van der Waals surface area contributed by atoms with Gasteiger partial charge in [-0.2, -0.15) is 5.01 Å². The molecule has 0 aliphatic carbocycles. The second kappa shape index (κ2) is 9.75. The number of imide groups is 1. The second-order valence-corrected chi connectivity index (χ2v) is 9.65. The fraction of sp³-hybridized carbons (Fsp3) is 0.0455. The minimum Gasteiger partial charge on any atom is -0.267 e. The molecule has 3 aromatic carbocycles. The van der Waals surface area contributed by atoms with Crippen molar-refractivity contribution < 1.29 is 19.3 Å². The number of benzene rings is 3. The molecule has 0 fully saturated rings. The fourth-order valence-corrected chi connectivity index (χ4v) is 4.73. The maximum atomic E-state index is 13.6. The number of carbonyl (C=O) groups is 3. The van der Waals surface area contributed by atoms with Crippen molar-refractivity contribution in [3.8, 4) is 0 Å². The Labute approximate surface area is 226 Å². The summed E-state index contributed by atoms with van der Waals surface area (Å²) in [6.07, 6.45) is 0. The lowest BCUT2D eigenvalue weighted by atomic mass is 10.1. The zero-order chi connectivity index (χ0) is 25.6. The summed E-state index contributed by atoms with van der Waals surface area (Å²) >= 11 is 27.9. The summed E-state index contributed by atoms with van der Waals surface area (Å²) < 4.78 is 0.765. The lowest BCUT2D eigenvalue weighted by Crippen LogP contribution is -2.49. The molecule has 8 nitrogen and oxygen atoms in total. The van der Waals surface area contributed by atoms with Crippen LogP contribution in [0.3, 0.4) is 0 Å². The lowest BCUT2D eigenvalue weighted by molar-refractivity contribution is -0.384. The van der Waals surface area contributed by atoms with Crippen LogP contribution in [0.2, 0.25) is 20.1 Å². The van der Waals surface area contributed by atoms with Crippen molar-refractivity contribution in [3.63, 3.8) is 0 Å². The molecule has 0 atom stereocenters. The van der Waals surface area contributed by atoms with Gasteiger partial charge in [-0.15, -0.1) is 0 Å². The van der Waals surface area contributed by atoms with Crippen molar-refractivity contribution in [1.29, 1.82) is 0 Å². The van der Waals surface area contributed by atoms with Gasteiger partial charge in [0.05, 0.1) is 42.7 Å². The number of nitro benzene ring substituents is 1. The fourth-order valence-electron chi connectivity index (χ4n) is 3.45. The van der Waals surface area contributed by atoms with Crippen molar-refractivity contribution in [2.45, 2.75) is 6.54 Å². The molecule has 178 valence electrons. The van der Waals surface area contributed by atoms with Crippen LogP contribution in [0, 0.1) is 10.1 Å². The third-order valence-electron chi connectivity index (χ3n) is 5.10. The van der Waals surface area contributed by atoms with Gasteiger partial charge in [0.15, 0.2) is 0 Å². The molecule has 3 aromatic rings. The molecule has 35 heavy (non-hydrogen) atoms. The average Bonchev–Trinajstić information content (AvgIpc) is 3.10. The maximum absolute atomic E-state index is 13.6. The van der Waals surface area contributed by atoms with Gasteiger partial charge in [0.25, 0.3) is 23.4 Å². The molecule has 3 amide bonds. The van der Waals surface area contributed by atoms with Gasteiger partial charge in [0, 0.05) is 22.2 Å². The summed E-state index contributed by atoms with van der Waals surface area (Å²) in [5, 5.41) is 11.7. The van der Waals surface area contributed by atoms with Gasteiger partial charge >= 0.3 is 0 Å². The van der Waals surface area contributed by atoms with E-state index in [1.807, 2.05) is 0 Å². The van der Waals surface area contributed by atoms with Crippen LogP contribution in [-0.2, 0) is 6.54 Å². The van der Waals surface area contributed by atoms with Gasteiger partial charge < -0.3 is 0 Å². The number of rotatable bonds is 5. The van der Waals surface area contributed by atoms with E-state index in [9.17, 15) is 24.5 Å². The third-order valence-corrected chi connectivity index (χ3v) is 7.44. The molecule has 0 aromatic heterocycles. The number of carbonyl (C=O) groups excluding carboxylic acids is 3. The molecular weight excluding hydrogens is 608 g/mol. The second-order valence-electron chi connectivity index (χ2n) is 7.22. The summed E-state index contributed by atoms with van der Waals surface area (Å²) in [6, 6.07) is 11.7. The average molecular weight is 618 g/mol. The van der Waals surface area contributed by atoms with Gasteiger partial charge in [-0.25, -0.2) is 5.01 Å². The summed E-state index contributed by atoms with van der Waals surface area (Å²) in [4.78, 5) is 50.9. The van der Waals surface area contributed by atoms with E-state index in [1.165, 1.54) is 18.2 Å². The van der Waals surface area contributed by atoms with Crippen molar-refractivity contribution >= 4 is 85.7 Å². The summed E-state index contributed by atoms with van der Waals surface area (Å²) in [7, 11) is 0. The molecule has 0 N–H and O–H groups in total. The first-order valence-corrected chi connectivity index (χ1v) is 11.9. The Balaban J connectivity index is 1.85. The van der Waals surface area contributed by atoms with Crippen LogP contribution in [0.4, 0.5) is 5.69 Å². The molecule has 1 aliphatic heterocycles. The topological polar surface area (TPSA) is 101 Å². The molecule has 0 saturated heterocycles. The Morgan fingerprint density at radius 3 is 1.97 bits per heavy atom. The minimum atomic E-state index is -0.952. The third kappa shape index (κ3) is 4.50. The highest BCUT2D eigenvalue weighted by Crippen LogP contribution is 2.45. The number of non-ortho nitro benzene ring substituents is 1. The number of hydrogen-bond donors (Lipinski definition) is 0. The van der Waals surface area contributed by atoms with Crippen LogP contribution in [0.1, 0.15) is 36.6 Å². The number of amides is 3. The molecule has 0 bridgehead atoms. The van der Waals surface area contributed by atoms with Crippen LogP contribution < -0.4 is 0 Å². The van der Waals surface area contributed by atoms with Gasteiger partial charge in [-0.1, -0.05) is 80.5 Å². The molecule has 0 radical (unpaired) electrons. The summed E-state index contributed by atoms with van der Waals surface area (Å²) in [5.74, 6) is -2.76. The number of nitro groups is 1. The van der Waals surface area contributed by atoms with E-state index >= 15 is 0 Å². The smallest absolute Gasteiger partial charge is 0.267 e. The Morgan fingerprint density at radius 1 is 0.914 bits per heavy atom. The summed E-state index contributed by atoms with van der Waals surface area (Å²) in [5.41, 5.74) is -0.517. The largest absolute Gasteiger partial charge is 0.282 e. The van der Waals surface area contributed by atoms with E-state index in [2.05, 4.69) is 15.9 Å². The van der Waals surface area contributed by atoms with Gasteiger partial charge in [0.2, 0.25) is 0 Å². The van der Waals surface area contributed by atoms with E-state index in [0.717, 1.165) is 15.5 Å². The van der Waals surface area contributed by atoms with Crippen LogP contribution in [0.15, 0.2) is 53.0 Å². The quantitative estimate of drug-likeness (QED) is 0.103. The number of hydrogen-bond acceptors (Lipinski definition) is 5. The highest BCUT2D eigenvalue weighted by atomic mass is 79.9. The van der Waals surface area contributed by atoms with E-state index in [1.54, 1.807) is 24.3 Å². The highest BCUT2D eigenvalue weighted by Gasteiger charge is 2.46. The summed E-state index contributed by atoms with van der Waals surface area (Å²) in [6.45, 7) is -0.239. The molecule has 1 aliphatic rings. The van der Waals surface area contributed by atoms with Gasteiger partial charge in [-0.05, 0) is 23.8 Å². The van der Waals surface area contributed by atoms with Crippen molar-refractivity contribution in [2.75, 3.05) is 0 Å². The van der Waals surface area contributed by atoms with Gasteiger partial charge in [0.1, 0.15) is 0 Å².